The van der Waals surface area contributed by atoms with Crippen LogP contribution in [0.5, 0.6) is 0 Å². The van der Waals surface area contributed by atoms with E-state index in [4.69, 9.17) is 31.9 Å². The molecular formula is C13H19N3O10. The Morgan fingerprint density at radius 1 is 0.731 bits per heavy atom. The molecule has 0 aliphatic heterocycles. The minimum atomic E-state index is -2.19. The van der Waals surface area contributed by atoms with Gasteiger partial charge in [-0.2, -0.15) is 0 Å². The summed E-state index contributed by atoms with van der Waals surface area (Å²) >= 11 is 0. The predicted octanol–water partition coefficient (Wildman–Crippen LogP) is -2.74. The van der Waals surface area contributed by atoms with Crippen molar-refractivity contribution in [2.24, 2.45) is 11.5 Å². The third-order valence-corrected chi connectivity index (χ3v) is 3.14. The maximum absolute atomic E-state index is 12.3. The van der Waals surface area contributed by atoms with E-state index in [0.717, 1.165) is 0 Å². The maximum atomic E-state index is 12.3. The lowest BCUT2D eigenvalue weighted by Crippen LogP contribution is -2.59. The highest BCUT2D eigenvalue weighted by atomic mass is 16.4. The number of amides is 2. The lowest BCUT2D eigenvalue weighted by molar-refractivity contribution is -0.162. The second-order valence-electron chi connectivity index (χ2n) is 5.24. The zero-order valence-corrected chi connectivity index (χ0v) is 13.4. The molecule has 2 amide bonds. The van der Waals surface area contributed by atoms with E-state index >= 15 is 0 Å². The van der Waals surface area contributed by atoms with Crippen molar-refractivity contribution in [2.75, 3.05) is 0 Å². The number of carboxylic acid groups (broad SMARTS) is 4. The second kappa shape index (κ2) is 10.0. The van der Waals surface area contributed by atoms with Gasteiger partial charge in [0.15, 0.2) is 0 Å². The summed E-state index contributed by atoms with van der Waals surface area (Å²) < 4.78 is 0. The quantitative estimate of drug-likeness (QED) is 0.215. The number of hydrogen-bond donors (Lipinski definition) is 6. The van der Waals surface area contributed by atoms with Crippen LogP contribution in [0.2, 0.25) is 0 Å². The molecule has 13 nitrogen and oxygen atoms in total. The zero-order valence-electron chi connectivity index (χ0n) is 13.4. The van der Waals surface area contributed by atoms with Gasteiger partial charge in [0.05, 0.1) is 24.9 Å². The number of hydrogen-bond acceptors (Lipinski definition) is 8. The fraction of sp³-hybridized carbons (Fsp3) is 0.538. The second-order valence-corrected chi connectivity index (χ2v) is 5.24. The lowest BCUT2D eigenvalue weighted by atomic mass is 10.0. The monoisotopic (exact) mass is 377 g/mol. The molecule has 0 aliphatic carbocycles. The molecule has 0 unspecified atom stereocenters. The average Bonchev–Trinajstić information content (AvgIpc) is 2.50. The van der Waals surface area contributed by atoms with E-state index in [0.29, 0.717) is 0 Å². The third-order valence-electron chi connectivity index (χ3n) is 3.14. The Kier molecular flexibility index (Phi) is 8.87. The SMILES string of the molecule is N[C@@H](CCC(=O)O)C(=O)N(C(=O)[C@@H](N)CC(=O)O)[C@@H](CC(=O)O)C(=O)O. The molecule has 13 heteroatoms. The fourth-order valence-corrected chi connectivity index (χ4v) is 1.91. The smallest absolute Gasteiger partial charge is 0.327 e. The molecule has 0 radical (unpaired) electrons. The van der Waals surface area contributed by atoms with Crippen molar-refractivity contribution in [3.8, 4) is 0 Å². The van der Waals surface area contributed by atoms with E-state index in [1.165, 1.54) is 0 Å². The molecule has 0 fully saturated rings. The maximum Gasteiger partial charge on any atom is 0.327 e. The number of nitrogens with two attached hydrogens (primary N) is 2. The summed E-state index contributed by atoms with van der Waals surface area (Å²) in [6.45, 7) is 0. The summed E-state index contributed by atoms with van der Waals surface area (Å²) in [5.74, 6) is -9.16. The molecule has 0 aromatic carbocycles. The van der Waals surface area contributed by atoms with Gasteiger partial charge in [-0.05, 0) is 6.42 Å². The number of carboxylic acids is 4. The normalized spacial score (nSPS) is 13.9. The Morgan fingerprint density at radius 3 is 1.58 bits per heavy atom. The van der Waals surface area contributed by atoms with Crippen LogP contribution < -0.4 is 11.5 Å². The number of imide groups is 1. The van der Waals surface area contributed by atoms with Crippen molar-refractivity contribution < 1.29 is 49.2 Å². The van der Waals surface area contributed by atoms with E-state index in [2.05, 4.69) is 0 Å². The van der Waals surface area contributed by atoms with Gasteiger partial charge >= 0.3 is 23.9 Å². The van der Waals surface area contributed by atoms with Gasteiger partial charge in [0, 0.05) is 6.42 Å². The van der Waals surface area contributed by atoms with Crippen LogP contribution in [0.4, 0.5) is 0 Å². The number of carbonyl (C=O) groups is 6. The number of nitrogens with zero attached hydrogens (tertiary/aromatic N) is 1. The van der Waals surface area contributed by atoms with Crippen LogP contribution in [0.1, 0.15) is 25.7 Å². The van der Waals surface area contributed by atoms with E-state index in [-0.39, 0.29) is 4.90 Å². The highest BCUT2D eigenvalue weighted by molar-refractivity contribution is 6.04. The van der Waals surface area contributed by atoms with E-state index in [1.54, 1.807) is 0 Å². The number of rotatable bonds is 11. The van der Waals surface area contributed by atoms with Gasteiger partial charge in [0.1, 0.15) is 6.04 Å². The first kappa shape index (κ1) is 22.9. The van der Waals surface area contributed by atoms with Crippen molar-refractivity contribution in [2.45, 2.75) is 43.8 Å². The predicted molar refractivity (Wildman–Crippen MR) is 80.6 cm³/mol. The Bertz CT molecular complexity index is 605. The molecule has 0 heterocycles. The standard InChI is InChI=1S/C13H19N3O10/c14-5(1-2-8(17)18)11(23)16(7(13(25)26)4-10(21)22)12(24)6(15)3-9(19)20/h5-7H,1-4,14-15H2,(H,17,18)(H,19,20)(H,21,22)(H,25,26)/t5-,6-,7-/m0/s1. The minimum Gasteiger partial charge on any atom is -0.481 e. The third kappa shape index (κ3) is 7.23. The molecule has 8 N–H and O–H groups in total. The van der Waals surface area contributed by atoms with Crippen LogP contribution in [0.15, 0.2) is 0 Å². The van der Waals surface area contributed by atoms with E-state index in [1.807, 2.05) is 0 Å². The molecule has 0 bridgehead atoms. The highest BCUT2D eigenvalue weighted by Gasteiger charge is 2.40. The summed E-state index contributed by atoms with van der Waals surface area (Å²) in [5, 5.41) is 35.2. The van der Waals surface area contributed by atoms with Crippen LogP contribution in [0.25, 0.3) is 0 Å². The van der Waals surface area contributed by atoms with Gasteiger partial charge in [0.2, 0.25) is 11.8 Å². The summed E-state index contributed by atoms with van der Waals surface area (Å²) in [6.07, 6.45) is -3.18. The van der Waals surface area contributed by atoms with Gasteiger partial charge in [-0.25, -0.2) is 4.79 Å². The Hall–Kier alpha value is -3.06. The molecule has 0 spiro atoms. The Balaban J connectivity index is 5.76. The van der Waals surface area contributed by atoms with E-state index < -0.39 is 79.5 Å². The van der Waals surface area contributed by atoms with Crippen molar-refractivity contribution in [1.29, 1.82) is 0 Å². The van der Waals surface area contributed by atoms with Crippen molar-refractivity contribution in [3.63, 3.8) is 0 Å². The summed E-state index contributed by atoms with van der Waals surface area (Å²) in [5.41, 5.74) is 10.8. The molecule has 0 saturated carbocycles. The van der Waals surface area contributed by atoms with Gasteiger partial charge in [-0.3, -0.25) is 28.9 Å². The molecule has 0 aromatic rings. The summed E-state index contributed by atoms with van der Waals surface area (Å²) in [6, 6.07) is -5.66. The molecule has 146 valence electrons. The molecule has 3 atom stereocenters. The molecule has 0 rings (SSSR count). The summed E-state index contributed by atoms with van der Waals surface area (Å²) in [7, 11) is 0. The van der Waals surface area contributed by atoms with Crippen LogP contribution >= 0.6 is 0 Å². The first-order chi connectivity index (χ1) is 11.9. The minimum absolute atomic E-state index is 0.0173. The van der Waals surface area contributed by atoms with Crippen LogP contribution in [0.3, 0.4) is 0 Å². The average molecular weight is 377 g/mol. The van der Waals surface area contributed by atoms with E-state index in [9.17, 15) is 28.8 Å². The van der Waals surface area contributed by atoms with Crippen LogP contribution in [0, 0.1) is 0 Å². The van der Waals surface area contributed by atoms with Crippen LogP contribution in [-0.2, 0) is 28.8 Å². The zero-order chi connectivity index (χ0) is 20.6. The molecular weight excluding hydrogens is 358 g/mol. The fourth-order valence-electron chi connectivity index (χ4n) is 1.91. The molecule has 0 aliphatic rings. The first-order valence-electron chi connectivity index (χ1n) is 7.14. The van der Waals surface area contributed by atoms with Crippen LogP contribution in [-0.4, -0.2) is 79.1 Å². The first-order valence-corrected chi connectivity index (χ1v) is 7.14. The van der Waals surface area contributed by atoms with Gasteiger partial charge in [-0.15, -0.1) is 0 Å². The van der Waals surface area contributed by atoms with Crippen molar-refractivity contribution in [1.82, 2.24) is 4.90 Å². The molecule has 0 saturated heterocycles. The highest BCUT2D eigenvalue weighted by Crippen LogP contribution is 2.13. The number of aliphatic carboxylic acids is 4. The van der Waals surface area contributed by atoms with Gasteiger partial charge in [-0.1, -0.05) is 0 Å². The Morgan fingerprint density at radius 2 is 1.19 bits per heavy atom. The van der Waals surface area contributed by atoms with Gasteiger partial charge < -0.3 is 31.9 Å². The van der Waals surface area contributed by atoms with Crippen molar-refractivity contribution in [3.05, 3.63) is 0 Å². The van der Waals surface area contributed by atoms with Gasteiger partial charge in [0.25, 0.3) is 0 Å². The number of carbonyl (C=O) groups excluding carboxylic acids is 2. The lowest BCUT2D eigenvalue weighted by Gasteiger charge is -2.30. The molecule has 0 aromatic heterocycles. The largest absolute Gasteiger partial charge is 0.481 e. The molecule has 26 heavy (non-hydrogen) atoms. The summed E-state index contributed by atoms with van der Waals surface area (Å²) in [4.78, 5) is 68.0. The topological polar surface area (TPSA) is 239 Å². The Labute approximate surface area is 146 Å². The van der Waals surface area contributed by atoms with Crippen molar-refractivity contribution >= 4 is 35.7 Å².